The first-order valence-electron chi connectivity index (χ1n) is 5.99. The van der Waals surface area contributed by atoms with E-state index in [1.165, 1.54) is 0 Å². The lowest BCUT2D eigenvalue weighted by Gasteiger charge is -2.41. The van der Waals surface area contributed by atoms with Gasteiger partial charge in [-0.3, -0.25) is 5.84 Å². The van der Waals surface area contributed by atoms with Crippen molar-refractivity contribution in [3.05, 3.63) is 29.3 Å². The maximum absolute atomic E-state index is 11.9. The molecule has 18 heavy (non-hydrogen) atoms. The minimum atomic E-state index is -3.08. The molecule has 3 N–H and O–H groups in total. The third kappa shape index (κ3) is 1.68. The number of nitrogens with two attached hydrogens (primary N) is 1. The highest BCUT2D eigenvalue weighted by Gasteiger charge is 2.40. The van der Waals surface area contributed by atoms with Gasteiger partial charge in [-0.15, -0.1) is 0 Å². The van der Waals surface area contributed by atoms with Crippen molar-refractivity contribution >= 4 is 9.84 Å². The van der Waals surface area contributed by atoms with Crippen LogP contribution < -0.4 is 11.3 Å². The second kappa shape index (κ2) is 4.03. The average Bonchev–Trinajstić information content (AvgIpc) is 2.27. The summed E-state index contributed by atoms with van der Waals surface area (Å²) in [6.45, 7) is 1.05. The molecule has 0 saturated carbocycles. The van der Waals surface area contributed by atoms with Crippen molar-refractivity contribution in [3.8, 4) is 0 Å². The van der Waals surface area contributed by atoms with E-state index in [0.29, 0.717) is 24.5 Å². The summed E-state index contributed by atoms with van der Waals surface area (Å²) in [7, 11) is -3.08. The molecule has 2 heterocycles. The van der Waals surface area contributed by atoms with Gasteiger partial charge in [0.15, 0.2) is 9.84 Å². The van der Waals surface area contributed by atoms with Crippen molar-refractivity contribution in [1.29, 1.82) is 0 Å². The lowest BCUT2D eigenvalue weighted by molar-refractivity contribution is -0.0787. The fourth-order valence-electron chi connectivity index (χ4n) is 2.58. The number of hydrogen-bond donors (Lipinski definition) is 2. The number of sulfone groups is 1. The lowest BCUT2D eigenvalue weighted by atomic mass is 9.87. The van der Waals surface area contributed by atoms with Gasteiger partial charge in [0.25, 0.3) is 0 Å². The van der Waals surface area contributed by atoms with Gasteiger partial charge in [0.05, 0.1) is 23.9 Å². The summed E-state index contributed by atoms with van der Waals surface area (Å²) in [5.74, 6) is 5.83. The van der Waals surface area contributed by atoms with Crippen LogP contribution in [0.5, 0.6) is 0 Å². The first-order chi connectivity index (χ1) is 8.57. The van der Waals surface area contributed by atoms with E-state index < -0.39 is 9.84 Å². The van der Waals surface area contributed by atoms with Gasteiger partial charge in [-0.2, -0.15) is 0 Å². The molecule has 0 aromatic heterocycles. The second-order valence-electron chi connectivity index (χ2n) is 4.96. The van der Waals surface area contributed by atoms with Gasteiger partial charge in [-0.25, -0.2) is 13.8 Å². The Morgan fingerprint density at radius 3 is 2.72 bits per heavy atom. The standard InChI is InChI=1S/C12H16N2O3S/c13-14-12(7-17-8-12)10-3-4-11-9(6-10)2-1-5-18(11,15)16/h3-4,6,14H,1-2,5,7-8,13H2. The predicted octanol–water partition coefficient (Wildman–Crippen LogP) is 0.0953. The maximum Gasteiger partial charge on any atom is 0.178 e. The largest absolute Gasteiger partial charge is 0.377 e. The Labute approximate surface area is 106 Å². The first-order valence-corrected chi connectivity index (χ1v) is 7.64. The van der Waals surface area contributed by atoms with Gasteiger partial charge < -0.3 is 4.74 Å². The van der Waals surface area contributed by atoms with Gasteiger partial charge in [-0.1, -0.05) is 12.1 Å². The third-order valence-corrected chi connectivity index (χ3v) is 5.68. The molecule has 0 amide bonds. The zero-order valence-electron chi connectivity index (χ0n) is 9.98. The molecule has 1 fully saturated rings. The molecular formula is C12H16N2O3S. The van der Waals surface area contributed by atoms with E-state index in [-0.39, 0.29) is 11.3 Å². The van der Waals surface area contributed by atoms with Crippen LogP contribution >= 0.6 is 0 Å². The van der Waals surface area contributed by atoms with Gasteiger partial charge in [0.1, 0.15) is 5.54 Å². The van der Waals surface area contributed by atoms with Crippen LogP contribution in [0.2, 0.25) is 0 Å². The van der Waals surface area contributed by atoms with Crippen molar-refractivity contribution in [2.45, 2.75) is 23.3 Å². The van der Waals surface area contributed by atoms with Crippen molar-refractivity contribution in [2.75, 3.05) is 19.0 Å². The third-order valence-electron chi connectivity index (χ3n) is 3.78. The molecule has 2 aliphatic heterocycles. The molecule has 98 valence electrons. The van der Waals surface area contributed by atoms with Crippen molar-refractivity contribution in [3.63, 3.8) is 0 Å². The Balaban J connectivity index is 2.07. The Morgan fingerprint density at radius 1 is 1.33 bits per heavy atom. The van der Waals surface area contributed by atoms with Crippen LogP contribution in [0, 0.1) is 0 Å². The van der Waals surface area contributed by atoms with Crippen molar-refractivity contribution < 1.29 is 13.2 Å². The number of rotatable bonds is 2. The number of fused-ring (bicyclic) bond motifs is 1. The SMILES string of the molecule is NNC1(c2ccc3c(c2)CCCS3(=O)=O)COC1. The van der Waals surface area contributed by atoms with E-state index in [0.717, 1.165) is 17.5 Å². The van der Waals surface area contributed by atoms with E-state index in [1.807, 2.05) is 12.1 Å². The summed E-state index contributed by atoms with van der Waals surface area (Å²) in [5, 5.41) is 0. The molecule has 2 aliphatic rings. The molecule has 5 nitrogen and oxygen atoms in total. The zero-order chi connectivity index (χ0) is 12.8. The van der Waals surface area contributed by atoms with E-state index in [4.69, 9.17) is 10.6 Å². The molecule has 0 radical (unpaired) electrons. The summed E-state index contributed by atoms with van der Waals surface area (Å²) in [6, 6.07) is 5.50. The molecule has 1 saturated heterocycles. The van der Waals surface area contributed by atoms with Crippen LogP contribution in [-0.2, 0) is 26.5 Å². The first kappa shape index (κ1) is 12.1. The van der Waals surface area contributed by atoms with E-state index in [9.17, 15) is 8.42 Å². The number of benzene rings is 1. The van der Waals surface area contributed by atoms with E-state index >= 15 is 0 Å². The summed E-state index contributed by atoms with van der Waals surface area (Å²) in [5.41, 5.74) is 4.34. The zero-order valence-corrected chi connectivity index (χ0v) is 10.8. The molecule has 6 heteroatoms. The molecule has 0 spiro atoms. The summed E-state index contributed by atoms with van der Waals surface area (Å²) < 4.78 is 29.1. The number of nitrogens with one attached hydrogen (secondary N) is 1. The van der Waals surface area contributed by atoms with E-state index in [1.54, 1.807) is 6.07 Å². The fourth-order valence-corrected chi connectivity index (χ4v) is 4.16. The van der Waals surface area contributed by atoms with Crippen LogP contribution in [0.1, 0.15) is 17.5 Å². The summed E-state index contributed by atoms with van der Waals surface area (Å²) in [4.78, 5) is 0.477. The molecule has 1 aromatic carbocycles. The minimum Gasteiger partial charge on any atom is -0.377 e. The highest BCUT2D eigenvalue weighted by Crippen LogP contribution is 2.33. The van der Waals surface area contributed by atoms with Crippen LogP contribution in [0.25, 0.3) is 0 Å². The topological polar surface area (TPSA) is 81.4 Å². The van der Waals surface area contributed by atoms with Gasteiger partial charge in [0, 0.05) is 0 Å². The van der Waals surface area contributed by atoms with Gasteiger partial charge in [0.2, 0.25) is 0 Å². The Kier molecular flexibility index (Phi) is 2.71. The fraction of sp³-hybridized carbons (Fsp3) is 0.500. The molecule has 3 rings (SSSR count). The maximum atomic E-state index is 11.9. The monoisotopic (exact) mass is 268 g/mol. The summed E-state index contributed by atoms with van der Waals surface area (Å²) in [6.07, 6.45) is 1.50. The average molecular weight is 268 g/mol. The normalized spacial score (nSPS) is 24.1. The van der Waals surface area contributed by atoms with Crippen LogP contribution in [-0.4, -0.2) is 27.4 Å². The highest BCUT2D eigenvalue weighted by atomic mass is 32.2. The van der Waals surface area contributed by atoms with Crippen molar-refractivity contribution in [1.82, 2.24) is 5.43 Å². The van der Waals surface area contributed by atoms with Crippen LogP contribution in [0.3, 0.4) is 0 Å². The second-order valence-corrected chi connectivity index (χ2v) is 7.04. The van der Waals surface area contributed by atoms with Crippen LogP contribution in [0.4, 0.5) is 0 Å². The molecule has 1 aromatic rings. The van der Waals surface area contributed by atoms with Crippen molar-refractivity contribution in [2.24, 2.45) is 5.84 Å². The Bertz CT molecular complexity index is 573. The molecule has 0 aliphatic carbocycles. The molecular weight excluding hydrogens is 252 g/mol. The molecule has 0 bridgehead atoms. The number of aryl methyl sites for hydroxylation is 1. The Hall–Kier alpha value is -0.950. The van der Waals surface area contributed by atoms with Crippen LogP contribution in [0.15, 0.2) is 23.1 Å². The smallest absolute Gasteiger partial charge is 0.178 e. The molecule has 0 atom stereocenters. The Morgan fingerprint density at radius 2 is 2.11 bits per heavy atom. The van der Waals surface area contributed by atoms with E-state index in [2.05, 4.69) is 5.43 Å². The minimum absolute atomic E-state index is 0.253. The summed E-state index contributed by atoms with van der Waals surface area (Å²) >= 11 is 0. The number of ether oxygens (including phenoxy) is 1. The highest BCUT2D eigenvalue weighted by molar-refractivity contribution is 7.91. The van der Waals surface area contributed by atoms with Gasteiger partial charge >= 0.3 is 0 Å². The molecule has 0 unspecified atom stereocenters. The number of hydrogen-bond acceptors (Lipinski definition) is 5. The lowest BCUT2D eigenvalue weighted by Crippen LogP contribution is -2.60. The van der Waals surface area contributed by atoms with Gasteiger partial charge in [-0.05, 0) is 30.0 Å². The number of hydrazine groups is 1. The predicted molar refractivity (Wildman–Crippen MR) is 66.6 cm³/mol. The quantitative estimate of drug-likeness (QED) is 0.587.